The van der Waals surface area contributed by atoms with E-state index in [-0.39, 0.29) is 0 Å². The van der Waals surface area contributed by atoms with Crippen LogP contribution >= 0.6 is 0 Å². The summed E-state index contributed by atoms with van der Waals surface area (Å²) in [6, 6.07) is 52.1. The number of allylic oxidation sites excluding steroid dienone is 4. The SMILES string of the molecule is C=C/C=C(\C=C/N(c1ccc(-c2ccccc2)cc1)c1ccc(-c2cccc3ccccc23)cc1)C1=c2ccccc2=CCC1. The Labute approximate surface area is 265 Å². The zero-order chi connectivity index (χ0) is 30.4. The molecule has 0 heterocycles. The normalized spacial score (nSPS) is 13.0. The molecule has 0 saturated heterocycles. The van der Waals surface area contributed by atoms with Crippen LogP contribution in [0.15, 0.2) is 182 Å². The van der Waals surface area contributed by atoms with Gasteiger partial charge in [0.25, 0.3) is 0 Å². The minimum absolute atomic E-state index is 1.01. The highest BCUT2D eigenvalue weighted by molar-refractivity contribution is 5.96. The minimum Gasteiger partial charge on any atom is -0.317 e. The molecule has 0 unspecified atom stereocenters. The van der Waals surface area contributed by atoms with Gasteiger partial charge in [-0.15, -0.1) is 0 Å². The first-order chi connectivity index (χ1) is 22.3. The van der Waals surface area contributed by atoms with Crippen LogP contribution < -0.4 is 15.3 Å². The highest BCUT2D eigenvalue weighted by atomic mass is 15.1. The van der Waals surface area contributed by atoms with E-state index in [2.05, 4.69) is 181 Å². The Bertz CT molecular complexity index is 2140. The Balaban J connectivity index is 1.30. The number of nitrogens with zero attached hydrogens (tertiary/aromatic N) is 1. The third kappa shape index (κ3) is 5.94. The van der Waals surface area contributed by atoms with Crippen LogP contribution in [0, 0.1) is 0 Å². The van der Waals surface area contributed by atoms with Crippen molar-refractivity contribution in [1.29, 1.82) is 0 Å². The maximum absolute atomic E-state index is 4.05. The molecule has 0 amide bonds. The lowest BCUT2D eigenvalue weighted by Crippen LogP contribution is -2.29. The lowest BCUT2D eigenvalue weighted by molar-refractivity contribution is 1.07. The van der Waals surface area contributed by atoms with E-state index in [1.807, 2.05) is 6.08 Å². The summed E-state index contributed by atoms with van der Waals surface area (Å²) in [6.07, 6.45) is 12.9. The Hall–Kier alpha value is -5.66. The molecule has 1 nitrogen and oxygen atoms in total. The van der Waals surface area contributed by atoms with Crippen molar-refractivity contribution in [2.24, 2.45) is 0 Å². The quantitative estimate of drug-likeness (QED) is 0.163. The van der Waals surface area contributed by atoms with Crippen LogP contribution in [0.1, 0.15) is 12.8 Å². The molecule has 0 fully saturated rings. The second kappa shape index (κ2) is 12.9. The fourth-order valence-electron chi connectivity index (χ4n) is 6.34. The van der Waals surface area contributed by atoms with Crippen LogP contribution in [0.3, 0.4) is 0 Å². The Morgan fingerprint density at radius 3 is 2.02 bits per heavy atom. The molecule has 45 heavy (non-hydrogen) atoms. The average molecular weight is 578 g/mol. The predicted molar refractivity (Wildman–Crippen MR) is 194 cm³/mol. The number of hydrogen-bond donors (Lipinski definition) is 0. The molecule has 0 aliphatic heterocycles. The summed E-state index contributed by atoms with van der Waals surface area (Å²) in [4.78, 5) is 2.28. The van der Waals surface area contributed by atoms with E-state index in [1.54, 1.807) is 0 Å². The lowest BCUT2D eigenvalue weighted by atomic mass is 9.93. The van der Waals surface area contributed by atoms with Gasteiger partial charge in [-0.3, -0.25) is 0 Å². The van der Waals surface area contributed by atoms with E-state index in [0.29, 0.717) is 0 Å². The van der Waals surface area contributed by atoms with Gasteiger partial charge in [0.2, 0.25) is 0 Å². The van der Waals surface area contributed by atoms with Gasteiger partial charge in [0.1, 0.15) is 0 Å². The summed E-state index contributed by atoms with van der Waals surface area (Å²) < 4.78 is 0. The summed E-state index contributed by atoms with van der Waals surface area (Å²) >= 11 is 0. The van der Waals surface area contributed by atoms with E-state index in [9.17, 15) is 0 Å². The summed E-state index contributed by atoms with van der Waals surface area (Å²) in [5.74, 6) is 0. The first kappa shape index (κ1) is 28.1. The third-order valence-corrected chi connectivity index (χ3v) is 8.59. The zero-order valence-electron chi connectivity index (χ0n) is 25.3. The Kier molecular flexibility index (Phi) is 8.07. The molecule has 0 saturated carbocycles. The van der Waals surface area contributed by atoms with E-state index >= 15 is 0 Å². The molecule has 0 atom stereocenters. The van der Waals surface area contributed by atoms with Crippen LogP contribution in [-0.4, -0.2) is 0 Å². The third-order valence-electron chi connectivity index (χ3n) is 8.59. The molecule has 0 bridgehead atoms. The monoisotopic (exact) mass is 577 g/mol. The lowest BCUT2D eigenvalue weighted by Gasteiger charge is -2.22. The molecule has 7 rings (SSSR count). The maximum atomic E-state index is 4.05. The second-order valence-corrected chi connectivity index (χ2v) is 11.3. The fraction of sp³-hybridized carbons (Fsp3) is 0.0455. The molecule has 0 radical (unpaired) electrons. The molecule has 0 aromatic heterocycles. The van der Waals surface area contributed by atoms with Gasteiger partial charge in [-0.2, -0.15) is 0 Å². The number of hydrogen-bond acceptors (Lipinski definition) is 1. The van der Waals surface area contributed by atoms with Crippen molar-refractivity contribution in [3.8, 4) is 22.3 Å². The van der Waals surface area contributed by atoms with Crippen molar-refractivity contribution in [1.82, 2.24) is 0 Å². The average Bonchev–Trinajstić information content (AvgIpc) is 3.12. The van der Waals surface area contributed by atoms with Gasteiger partial charge in [0.15, 0.2) is 0 Å². The molecule has 0 spiro atoms. The van der Waals surface area contributed by atoms with E-state index in [1.165, 1.54) is 54.6 Å². The highest BCUT2D eigenvalue weighted by Crippen LogP contribution is 2.34. The summed E-state index contributed by atoms with van der Waals surface area (Å²) in [7, 11) is 0. The van der Waals surface area contributed by atoms with Crippen molar-refractivity contribution >= 4 is 33.8 Å². The van der Waals surface area contributed by atoms with Gasteiger partial charge in [-0.05, 0) is 97.8 Å². The van der Waals surface area contributed by atoms with Gasteiger partial charge in [0.05, 0.1) is 0 Å². The molecule has 1 aliphatic rings. The summed E-state index contributed by atoms with van der Waals surface area (Å²) in [5, 5.41) is 5.13. The Morgan fingerprint density at radius 1 is 0.600 bits per heavy atom. The number of anilines is 2. The van der Waals surface area contributed by atoms with Crippen molar-refractivity contribution in [3.05, 3.63) is 193 Å². The molecule has 6 aromatic carbocycles. The highest BCUT2D eigenvalue weighted by Gasteiger charge is 2.12. The van der Waals surface area contributed by atoms with Crippen molar-refractivity contribution < 1.29 is 0 Å². The second-order valence-electron chi connectivity index (χ2n) is 11.3. The zero-order valence-corrected chi connectivity index (χ0v) is 25.3. The van der Waals surface area contributed by atoms with Gasteiger partial charge in [-0.25, -0.2) is 0 Å². The molecule has 1 heteroatoms. The van der Waals surface area contributed by atoms with Gasteiger partial charge >= 0.3 is 0 Å². The fourth-order valence-corrected chi connectivity index (χ4v) is 6.34. The molecule has 6 aromatic rings. The molecular weight excluding hydrogens is 542 g/mol. The van der Waals surface area contributed by atoms with Gasteiger partial charge in [-0.1, -0.05) is 146 Å². The largest absolute Gasteiger partial charge is 0.317 e. The van der Waals surface area contributed by atoms with E-state index in [4.69, 9.17) is 0 Å². The smallest absolute Gasteiger partial charge is 0.0455 e. The molecule has 0 N–H and O–H groups in total. The molecular formula is C44H35N. The topological polar surface area (TPSA) is 3.24 Å². The maximum Gasteiger partial charge on any atom is 0.0455 e. The van der Waals surface area contributed by atoms with Crippen LogP contribution in [-0.2, 0) is 0 Å². The summed E-state index contributed by atoms with van der Waals surface area (Å²) in [5.41, 5.74) is 9.61. The van der Waals surface area contributed by atoms with Crippen LogP contribution in [0.25, 0.3) is 44.7 Å². The number of fused-ring (bicyclic) bond motifs is 2. The van der Waals surface area contributed by atoms with E-state index < -0.39 is 0 Å². The van der Waals surface area contributed by atoms with Gasteiger partial charge < -0.3 is 4.90 Å². The van der Waals surface area contributed by atoms with Crippen molar-refractivity contribution in [2.75, 3.05) is 4.90 Å². The van der Waals surface area contributed by atoms with Crippen LogP contribution in [0.4, 0.5) is 11.4 Å². The van der Waals surface area contributed by atoms with Crippen LogP contribution in [0.5, 0.6) is 0 Å². The number of benzene rings is 6. The van der Waals surface area contributed by atoms with Crippen molar-refractivity contribution in [3.63, 3.8) is 0 Å². The standard InChI is InChI=1S/C44H35N/c1-2-12-35(43-21-10-17-36-15-6-8-19-41(36)43)31-32-45(39-27-23-34(24-28-39)33-13-4-3-5-14-33)40-29-25-38(26-30-40)44-22-11-18-37-16-7-9-20-42(37)44/h2-9,11-20,22-32H,1,10,21H2/b32-31-,35-12+. The Morgan fingerprint density at radius 2 is 1.24 bits per heavy atom. The summed E-state index contributed by atoms with van der Waals surface area (Å²) in [6.45, 7) is 4.05. The first-order valence-corrected chi connectivity index (χ1v) is 15.6. The van der Waals surface area contributed by atoms with Crippen LogP contribution in [0.2, 0.25) is 0 Å². The van der Waals surface area contributed by atoms with Crippen molar-refractivity contribution in [2.45, 2.75) is 12.8 Å². The van der Waals surface area contributed by atoms with Gasteiger partial charge in [0, 0.05) is 17.6 Å². The molecule has 216 valence electrons. The van der Waals surface area contributed by atoms with E-state index in [0.717, 1.165) is 24.2 Å². The minimum atomic E-state index is 1.01. The predicted octanol–water partition coefficient (Wildman–Crippen LogP) is 10.4. The molecule has 1 aliphatic carbocycles. The number of rotatable bonds is 8. The first-order valence-electron chi connectivity index (χ1n) is 15.6.